The lowest BCUT2D eigenvalue weighted by molar-refractivity contribution is -0.170. The predicted molar refractivity (Wildman–Crippen MR) is 145 cm³/mol. The molecule has 0 radical (unpaired) electrons. The van der Waals surface area contributed by atoms with Gasteiger partial charge in [0.05, 0.1) is 23.7 Å². The van der Waals surface area contributed by atoms with E-state index in [0.29, 0.717) is 36.1 Å². The first-order chi connectivity index (χ1) is 18.3. The Balaban J connectivity index is 1.59. The average molecular weight is 539 g/mol. The average Bonchev–Trinajstić information content (AvgIpc) is 3.35. The van der Waals surface area contributed by atoms with Crippen molar-refractivity contribution in [2.24, 2.45) is 12.0 Å². The van der Waals surface area contributed by atoms with Crippen LogP contribution in [0.3, 0.4) is 0 Å². The molecule has 0 saturated carbocycles. The van der Waals surface area contributed by atoms with E-state index in [1.54, 1.807) is 33.2 Å². The summed E-state index contributed by atoms with van der Waals surface area (Å²) in [6.45, 7) is 6.44. The van der Waals surface area contributed by atoms with Crippen LogP contribution < -0.4 is 15.8 Å². The van der Waals surface area contributed by atoms with Crippen molar-refractivity contribution >= 4 is 29.1 Å². The number of rotatable bonds is 6. The Morgan fingerprint density at radius 1 is 1.15 bits per heavy atom. The maximum Gasteiger partial charge on any atom is 0.303 e. The number of halogens is 3. The topological polar surface area (TPSA) is 95.6 Å². The molecular weight excluding hydrogens is 509 g/mol. The summed E-state index contributed by atoms with van der Waals surface area (Å²) in [6, 6.07) is 6.20. The van der Waals surface area contributed by atoms with Crippen LogP contribution in [0.25, 0.3) is 11.6 Å². The fraction of sp³-hybridized carbons (Fsp3) is 0.357. The van der Waals surface area contributed by atoms with Crippen molar-refractivity contribution in [3.05, 3.63) is 80.8 Å². The lowest BCUT2D eigenvalue weighted by Gasteiger charge is -2.31. The molecule has 0 spiro atoms. The first-order valence-corrected chi connectivity index (χ1v) is 12.5. The van der Waals surface area contributed by atoms with Gasteiger partial charge in [0.15, 0.2) is 0 Å². The third-order valence-corrected chi connectivity index (χ3v) is 7.02. The Morgan fingerprint density at radius 3 is 2.59 bits per heavy atom. The van der Waals surface area contributed by atoms with E-state index in [0.717, 1.165) is 36.9 Å². The van der Waals surface area contributed by atoms with Crippen molar-refractivity contribution in [2.75, 3.05) is 23.3 Å². The van der Waals surface area contributed by atoms with Gasteiger partial charge < -0.3 is 19.9 Å². The van der Waals surface area contributed by atoms with E-state index in [1.807, 2.05) is 11.0 Å². The third kappa shape index (κ3) is 4.50. The molecule has 3 aromatic rings. The van der Waals surface area contributed by atoms with Gasteiger partial charge in [-0.15, -0.1) is 0 Å². The van der Waals surface area contributed by atoms with Crippen LogP contribution in [0.15, 0.2) is 46.3 Å². The molecule has 1 atom stereocenters. The Morgan fingerprint density at radius 2 is 1.90 bits per heavy atom. The Kier molecular flexibility index (Phi) is 6.37. The molecule has 1 aromatic carbocycles. The van der Waals surface area contributed by atoms with Gasteiger partial charge in [0.2, 0.25) is 5.56 Å². The summed E-state index contributed by atoms with van der Waals surface area (Å²) < 4.78 is 46.7. The van der Waals surface area contributed by atoms with Crippen LogP contribution in [0.5, 0.6) is 0 Å². The largest absolute Gasteiger partial charge is 0.384 e. The molecule has 204 valence electrons. The molecule has 5 rings (SSSR count). The highest BCUT2D eigenvalue weighted by molar-refractivity contribution is 6.36. The van der Waals surface area contributed by atoms with Gasteiger partial charge in [0.25, 0.3) is 0 Å². The highest BCUT2D eigenvalue weighted by atomic mass is 19.3. The summed E-state index contributed by atoms with van der Waals surface area (Å²) in [5.74, 6) is -2.68. The van der Waals surface area contributed by atoms with Crippen molar-refractivity contribution in [3.63, 3.8) is 0 Å². The lowest BCUT2D eigenvalue weighted by atomic mass is 9.91. The Hall–Kier alpha value is -3.99. The number of nitrogens with zero attached hydrogens (tertiary/aromatic N) is 5. The minimum Gasteiger partial charge on any atom is -0.384 e. The van der Waals surface area contributed by atoms with Crippen LogP contribution in [0.2, 0.25) is 0 Å². The molecule has 0 bridgehead atoms. The molecule has 2 aliphatic heterocycles. The molecule has 2 aromatic heterocycles. The molecule has 11 heteroatoms. The molecule has 8 nitrogen and oxygen atoms in total. The van der Waals surface area contributed by atoms with Crippen molar-refractivity contribution in [1.29, 1.82) is 0 Å². The van der Waals surface area contributed by atoms with E-state index in [1.165, 1.54) is 22.8 Å². The Labute approximate surface area is 223 Å². The second kappa shape index (κ2) is 9.33. The number of benzene rings is 1. The summed E-state index contributed by atoms with van der Waals surface area (Å²) in [4.78, 5) is 27.8. The van der Waals surface area contributed by atoms with Crippen molar-refractivity contribution in [3.8, 4) is 0 Å². The standard InChI is InChI=1S/C28H29F3N6O2/c1-15(18-7-6-8-21(23(18)29)28(30,31)27(3,4)39)33-24-20-13-19(17-9-10-22(38)36(5)14-17)25-32-11-12-37(25)26(20)35-16(2)34-24/h6-10,13-15,39H,11-12H2,1-5H3,(H,33,34,35)/t15-/m1/s1. The van der Waals surface area contributed by atoms with Crippen LogP contribution >= 0.6 is 0 Å². The first-order valence-electron chi connectivity index (χ1n) is 12.5. The predicted octanol–water partition coefficient (Wildman–Crippen LogP) is 4.43. The van der Waals surface area contributed by atoms with Crippen molar-refractivity contribution in [1.82, 2.24) is 14.5 Å². The van der Waals surface area contributed by atoms with E-state index >= 15 is 4.39 Å². The summed E-state index contributed by atoms with van der Waals surface area (Å²) in [7, 11) is 1.67. The van der Waals surface area contributed by atoms with E-state index in [-0.39, 0.29) is 11.1 Å². The van der Waals surface area contributed by atoms with Crippen molar-refractivity contribution < 1.29 is 18.3 Å². The zero-order valence-electron chi connectivity index (χ0n) is 22.3. The van der Waals surface area contributed by atoms with Crippen LogP contribution in [0.4, 0.5) is 24.8 Å². The van der Waals surface area contributed by atoms with Gasteiger partial charge in [0, 0.05) is 42.6 Å². The number of amidine groups is 1. The van der Waals surface area contributed by atoms with E-state index in [2.05, 4.69) is 20.3 Å². The van der Waals surface area contributed by atoms with Gasteiger partial charge >= 0.3 is 5.92 Å². The van der Waals surface area contributed by atoms with E-state index in [4.69, 9.17) is 0 Å². The second-order valence-corrected chi connectivity index (χ2v) is 10.3. The number of hydrogen-bond donors (Lipinski definition) is 2. The number of hydrogen-bond acceptors (Lipinski definition) is 7. The van der Waals surface area contributed by atoms with Gasteiger partial charge in [-0.3, -0.25) is 9.79 Å². The SMILES string of the molecule is Cc1nc(N[C@H](C)c2cccc(C(F)(F)C(C)(C)O)c2F)c2c(n1)N1CCN=C1C(c1ccc(=O)n(C)c1)=C2. The fourth-order valence-electron chi connectivity index (χ4n) is 4.81. The maximum absolute atomic E-state index is 15.5. The molecule has 0 aliphatic carbocycles. The quantitative estimate of drug-likeness (QED) is 0.482. The van der Waals surface area contributed by atoms with Gasteiger partial charge in [-0.05, 0) is 45.9 Å². The molecule has 0 fully saturated rings. The number of aliphatic hydroxyl groups is 1. The smallest absolute Gasteiger partial charge is 0.303 e. The number of aryl methyl sites for hydroxylation is 2. The van der Waals surface area contributed by atoms with E-state index < -0.39 is 28.9 Å². The van der Waals surface area contributed by atoms with Gasteiger partial charge in [0.1, 0.15) is 34.7 Å². The van der Waals surface area contributed by atoms with Gasteiger partial charge in [-0.1, -0.05) is 12.1 Å². The molecule has 4 heterocycles. The zero-order valence-corrected chi connectivity index (χ0v) is 22.3. The minimum atomic E-state index is -3.81. The minimum absolute atomic E-state index is 0.00272. The third-order valence-electron chi connectivity index (χ3n) is 7.02. The first kappa shape index (κ1) is 26.6. The number of aliphatic imine (C=N–C) groups is 1. The normalized spacial score (nSPS) is 15.9. The highest BCUT2D eigenvalue weighted by Crippen LogP contribution is 2.42. The van der Waals surface area contributed by atoms with Gasteiger partial charge in [-0.25, -0.2) is 14.4 Å². The number of nitrogens with one attached hydrogen (secondary N) is 1. The summed E-state index contributed by atoms with van der Waals surface area (Å²) >= 11 is 0. The van der Waals surface area contributed by atoms with Crippen LogP contribution in [0.1, 0.15) is 54.9 Å². The van der Waals surface area contributed by atoms with Crippen LogP contribution in [0, 0.1) is 12.7 Å². The maximum atomic E-state index is 15.5. The number of fused-ring (bicyclic) bond motifs is 3. The fourth-order valence-corrected chi connectivity index (χ4v) is 4.81. The zero-order chi connectivity index (χ0) is 28.3. The Bertz CT molecular complexity index is 1590. The summed E-state index contributed by atoms with van der Waals surface area (Å²) in [6.07, 6.45) is 3.60. The molecule has 0 unspecified atom stereocenters. The van der Waals surface area contributed by atoms with Crippen LogP contribution in [-0.2, 0) is 13.0 Å². The molecule has 2 N–H and O–H groups in total. The lowest BCUT2D eigenvalue weighted by Crippen LogP contribution is -2.41. The number of pyridine rings is 1. The second-order valence-electron chi connectivity index (χ2n) is 10.3. The number of alkyl halides is 2. The van der Waals surface area contributed by atoms with Crippen LogP contribution in [-0.4, -0.2) is 44.2 Å². The number of aromatic nitrogens is 3. The summed E-state index contributed by atoms with van der Waals surface area (Å²) in [5, 5.41) is 13.2. The molecule has 0 saturated heterocycles. The highest BCUT2D eigenvalue weighted by Gasteiger charge is 2.49. The van der Waals surface area contributed by atoms with Gasteiger partial charge in [-0.2, -0.15) is 8.78 Å². The molecule has 39 heavy (non-hydrogen) atoms. The number of anilines is 2. The van der Waals surface area contributed by atoms with E-state index in [9.17, 15) is 18.7 Å². The monoisotopic (exact) mass is 538 g/mol. The summed E-state index contributed by atoms with van der Waals surface area (Å²) in [5.41, 5.74) is -1.29. The van der Waals surface area contributed by atoms with Crippen molar-refractivity contribution in [2.45, 2.75) is 45.3 Å². The molecular formula is C28H29F3N6O2. The molecule has 2 aliphatic rings. The molecule has 0 amide bonds.